The van der Waals surface area contributed by atoms with Gasteiger partial charge in [0.05, 0.1) is 6.04 Å². The fraction of sp³-hybridized carbons (Fsp3) is 0.588. The lowest BCUT2D eigenvalue weighted by molar-refractivity contribution is -0.122. The molecule has 3 nitrogen and oxygen atoms in total. The summed E-state index contributed by atoms with van der Waals surface area (Å²) in [6.45, 7) is 4.91. The van der Waals surface area contributed by atoms with E-state index in [1.807, 2.05) is 31.2 Å². The van der Waals surface area contributed by atoms with Crippen molar-refractivity contribution in [1.29, 1.82) is 0 Å². The van der Waals surface area contributed by atoms with E-state index in [0.29, 0.717) is 18.9 Å². The number of carbonyl (C=O) groups is 1. The van der Waals surface area contributed by atoms with Crippen LogP contribution in [0.4, 0.5) is 0 Å². The number of nitrogens with two attached hydrogens (primary N) is 1. The highest BCUT2D eigenvalue weighted by atomic mass is 79.9. The first kappa shape index (κ1) is 18.2. The first-order valence-electron chi connectivity index (χ1n) is 7.81. The van der Waals surface area contributed by atoms with Crippen molar-refractivity contribution in [2.24, 2.45) is 11.7 Å². The van der Waals surface area contributed by atoms with Gasteiger partial charge in [-0.1, -0.05) is 47.8 Å². The molecule has 0 radical (unpaired) electrons. The summed E-state index contributed by atoms with van der Waals surface area (Å²) >= 11 is 3.46. The Kier molecular flexibility index (Phi) is 8.62. The number of benzene rings is 1. The van der Waals surface area contributed by atoms with Crippen LogP contribution in [0.3, 0.4) is 0 Å². The third-order valence-corrected chi connectivity index (χ3v) is 4.27. The third kappa shape index (κ3) is 7.09. The van der Waals surface area contributed by atoms with Crippen molar-refractivity contribution in [3.63, 3.8) is 0 Å². The van der Waals surface area contributed by atoms with E-state index in [-0.39, 0.29) is 11.9 Å². The Morgan fingerprint density at radius 3 is 2.71 bits per heavy atom. The molecule has 0 fully saturated rings. The summed E-state index contributed by atoms with van der Waals surface area (Å²) in [5.41, 5.74) is 6.75. The van der Waals surface area contributed by atoms with Crippen LogP contribution in [0.25, 0.3) is 0 Å². The van der Waals surface area contributed by atoms with Gasteiger partial charge in [-0.05, 0) is 49.9 Å². The number of hydrogen-bond donors (Lipinski definition) is 2. The predicted octanol–water partition coefficient (Wildman–Crippen LogP) is 4.17. The fourth-order valence-corrected chi connectivity index (χ4v) is 3.00. The highest BCUT2D eigenvalue weighted by molar-refractivity contribution is 9.10. The SMILES string of the molecule is CCCC(CCN)CCC(=O)NC(C)c1cccc(Br)c1. The molecule has 0 bridgehead atoms. The molecular weight excluding hydrogens is 328 g/mol. The van der Waals surface area contributed by atoms with Crippen LogP contribution in [0.2, 0.25) is 0 Å². The molecule has 1 aromatic rings. The average molecular weight is 355 g/mol. The zero-order valence-corrected chi connectivity index (χ0v) is 14.7. The van der Waals surface area contributed by atoms with E-state index in [9.17, 15) is 4.79 Å². The van der Waals surface area contributed by atoms with Gasteiger partial charge in [0.1, 0.15) is 0 Å². The summed E-state index contributed by atoms with van der Waals surface area (Å²) in [5.74, 6) is 0.701. The molecular formula is C17H27BrN2O. The molecule has 21 heavy (non-hydrogen) atoms. The molecule has 0 spiro atoms. The first-order valence-corrected chi connectivity index (χ1v) is 8.61. The summed E-state index contributed by atoms with van der Waals surface area (Å²) in [5, 5.41) is 3.07. The standard InChI is InChI=1S/C17H27BrN2O/c1-3-5-14(10-11-19)8-9-17(21)20-13(2)15-6-4-7-16(18)12-15/h4,6-7,12-14H,3,5,8-11,19H2,1-2H3,(H,20,21). The minimum Gasteiger partial charge on any atom is -0.350 e. The largest absolute Gasteiger partial charge is 0.350 e. The molecule has 4 heteroatoms. The van der Waals surface area contributed by atoms with E-state index in [2.05, 4.69) is 28.2 Å². The molecule has 0 saturated carbocycles. The summed E-state index contributed by atoms with van der Waals surface area (Å²) in [4.78, 5) is 12.1. The number of halogens is 1. The van der Waals surface area contributed by atoms with Crippen LogP contribution >= 0.6 is 15.9 Å². The molecule has 1 rings (SSSR count). The molecule has 1 amide bonds. The van der Waals surface area contributed by atoms with E-state index in [1.165, 1.54) is 0 Å². The zero-order chi connectivity index (χ0) is 15.7. The molecule has 0 aliphatic heterocycles. The van der Waals surface area contributed by atoms with E-state index in [0.717, 1.165) is 35.7 Å². The van der Waals surface area contributed by atoms with Gasteiger partial charge in [-0.25, -0.2) is 0 Å². The van der Waals surface area contributed by atoms with Gasteiger partial charge in [-0.3, -0.25) is 4.79 Å². The molecule has 0 aliphatic carbocycles. The van der Waals surface area contributed by atoms with Gasteiger partial charge in [-0.15, -0.1) is 0 Å². The summed E-state index contributed by atoms with van der Waals surface area (Å²) in [6.07, 6.45) is 4.85. The maximum absolute atomic E-state index is 12.1. The molecule has 3 N–H and O–H groups in total. The van der Waals surface area contributed by atoms with Crippen LogP contribution in [0.5, 0.6) is 0 Å². The number of nitrogens with one attached hydrogen (secondary N) is 1. The summed E-state index contributed by atoms with van der Waals surface area (Å²) in [6, 6.07) is 8.08. The Morgan fingerprint density at radius 1 is 1.33 bits per heavy atom. The van der Waals surface area contributed by atoms with Crippen LogP contribution in [0, 0.1) is 5.92 Å². The third-order valence-electron chi connectivity index (χ3n) is 3.78. The van der Waals surface area contributed by atoms with Gasteiger partial charge in [0, 0.05) is 10.9 Å². The molecule has 2 atom stereocenters. The van der Waals surface area contributed by atoms with Gasteiger partial charge < -0.3 is 11.1 Å². The Morgan fingerprint density at radius 2 is 2.10 bits per heavy atom. The number of rotatable bonds is 9. The van der Waals surface area contributed by atoms with Crippen LogP contribution in [-0.2, 0) is 4.79 Å². The monoisotopic (exact) mass is 354 g/mol. The average Bonchev–Trinajstić information content (AvgIpc) is 2.45. The van der Waals surface area contributed by atoms with E-state index >= 15 is 0 Å². The van der Waals surface area contributed by atoms with Crippen molar-refractivity contribution in [2.75, 3.05) is 6.54 Å². The normalized spacial score (nSPS) is 13.7. The van der Waals surface area contributed by atoms with Crippen LogP contribution in [-0.4, -0.2) is 12.5 Å². The Bertz CT molecular complexity index is 431. The lowest BCUT2D eigenvalue weighted by atomic mass is 9.94. The molecule has 1 aromatic carbocycles. The second kappa shape index (κ2) is 9.96. The fourth-order valence-electron chi connectivity index (χ4n) is 2.59. The van der Waals surface area contributed by atoms with Crippen molar-refractivity contribution in [3.05, 3.63) is 34.3 Å². The van der Waals surface area contributed by atoms with Crippen molar-refractivity contribution in [2.45, 2.75) is 52.0 Å². The van der Waals surface area contributed by atoms with E-state index < -0.39 is 0 Å². The lowest BCUT2D eigenvalue weighted by Gasteiger charge is -2.17. The van der Waals surface area contributed by atoms with Gasteiger partial charge in [0.15, 0.2) is 0 Å². The molecule has 0 heterocycles. The quantitative estimate of drug-likeness (QED) is 0.698. The Hall–Kier alpha value is -0.870. The molecule has 0 aromatic heterocycles. The predicted molar refractivity (Wildman–Crippen MR) is 92.0 cm³/mol. The van der Waals surface area contributed by atoms with Gasteiger partial charge in [-0.2, -0.15) is 0 Å². The number of hydrogen-bond acceptors (Lipinski definition) is 2. The van der Waals surface area contributed by atoms with Gasteiger partial charge in [0.25, 0.3) is 0 Å². The van der Waals surface area contributed by atoms with Gasteiger partial charge >= 0.3 is 0 Å². The highest BCUT2D eigenvalue weighted by Crippen LogP contribution is 2.19. The molecule has 0 saturated heterocycles. The highest BCUT2D eigenvalue weighted by Gasteiger charge is 2.13. The summed E-state index contributed by atoms with van der Waals surface area (Å²) in [7, 11) is 0. The van der Waals surface area contributed by atoms with Crippen molar-refractivity contribution in [1.82, 2.24) is 5.32 Å². The van der Waals surface area contributed by atoms with Crippen LogP contribution in [0.1, 0.15) is 57.6 Å². The van der Waals surface area contributed by atoms with E-state index in [1.54, 1.807) is 0 Å². The molecule has 2 unspecified atom stereocenters. The summed E-state index contributed by atoms with van der Waals surface area (Å²) < 4.78 is 1.03. The minimum atomic E-state index is 0.0362. The van der Waals surface area contributed by atoms with Crippen LogP contribution in [0.15, 0.2) is 28.7 Å². The topological polar surface area (TPSA) is 55.1 Å². The smallest absolute Gasteiger partial charge is 0.220 e. The number of carbonyl (C=O) groups excluding carboxylic acids is 1. The minimum absolute atomic E-state index is 0.0362. The lowest BCUT2D eigenvalue weighted by Crippen LogP contribution is -2.27. The number of amides is 1. The maximum atomic E-state index is 12.1. The Balaban J connectivity index is 2.42. The van der Waals surface area contributed by atoms with Gasteiger partial charge in [0.2, 0.25) is 5.91 Å². The first-order chi connectivity index (χ1) is 10.1. The zero-order valence-electron chi connectivity index (χ0n) is 13.1. The maximum Gasteiger partial charge on any atom is 0.220 e. The van der Waals surface area contributed by atoms with Crippen LogP contribution < -0.4 is 11.1 Å². The second-order valence-electron chi connectivity index (χ2n) is 5.61. The van der Waals surface area contributed by atoms with E-state index in [4.69, 9.17) is 5.73 Å². The van der Waals surface area contributed by atoms with Crippen molar-refractivity contribution >= 4 is 21.8 Å². The van der Waals surface area contributed by atoms with Crippen molar-refractivity contribution < 1.29 is 4.79 Å². The Labute approximate surface area is 136 Å². The second-order valence-corrected chi connectivity index (χ2v) is 6.53. The molecule has 0 aliphatic rings. The van der Waals surface area contributed by atoms with Crippen molar-refractivity contribution in [3.8, 4) is 0 Å². The molecule has 118 valence electrons.